The van der Waals surface area contributed by atoms with Crippen LogP contribution in [0.15, 0.2) is 0 Å². The molecule has 0 atom stereocenters. The first-order valence-corrected chi connectivity index (χ1v) is 6.22. The monoisotopic (exact) mass is 344 g/mol. The number of rotatable bonds is 0. The first-order chi connectivity index (χ1) is 6.68. The molecule has 15 heavy (non-hydrogen) atoms. The Balaban J connectivity index is 3.68. The third-order valence-corrected chi connectivity index (χ3v) is 4.23. The molecule has 0 fully saturated rings. The van der Waals surface area contributed by atoms with Crippen LogP contribution >= 0.6 is 81.2 Å². The minimum Gasteiger partial charge on any atom is -0.0823 e. The van der Waals surface area contributed by atoms with Gasteiger partial charge in [-0.25, -0.2) is 0 Å². The molecule has 84 valence electrons. The predicted molar refractivity (Wildman–Crippen MR) is 70.5 cm³/mol. The van der Waals surface area contributed by atoms with Gasteiger partial charge < -0.3 is 0 Å². The smallest absolute Gasteiger partial charge is 0.0823 e. The summed E-state index contributed by atoms with van der Waals surface area (Å²) in [7, 11) is 0. The summed E-state index contributed by atoms with van der Waals surface area (Å²) in [6.45, 7) is 1.67. The zero-order valence-electron chi connectivity index (χ0n) is 7.15. The topological polar surface area (TPSA) is 0 Å². The standard InChI is InChI=1S/C8H3Cl7/c1-2-4(9)6(11)3(8(13,14)15)7(12)5(2)10/h1H3. The lowest BCUT2D eigenvalue weighted by atomic mass is 10.1. The van der Waals surface area contributed by atoms with Gasteiger partial charge in [-0.2, -0.15) is 0 Å². The largest absolute Gasteiger partial charge is 0.219 e. The van der Waals surface area contributed by atoms with Crippen molar-refractivity contribution in [2.75, 3.05) is 0 Å². The van der Waals surface area contributed by atoms with E-state index < -0.39 is 3.79 Å². The molecule has 0 saturated carbocycles. The molecule has 0 aliphatic carbocycles. The lowest BCUT2D eigenvalue weighted by Crippen LogP contribution is -2.04. The molecule has 0 saturated heterocycles. The van der Waals surface area contributed by atoms with Crippen molar-refractivity contribution in [3.8, 4) is 0 Å². The van der Waals surface area contributed by atoms with Crippen molar-refractivity contribution in [1.29, 1.82) is 0 Å². The second-order valence-electron chi connectivity index (χ2n) is 2.75. The van der Waals surface area contributed by atoms with Crippen LogP contribution in [0.4, 0.5) is 0 Å². The highest BCUT2D eigenvalue weighted by Gasteiger charge is 2.32. The minimum absolute atomic E-state index is 0.0939. The molecule has 0 bridgehead atoms. The number of halogens is 7. The maximum absolute atomic E-state index is 5.93. The van der Waals surface area contributed by atoms with Gasteiger partial charge in [-0.3, -0.25) is 0 Å². The molecule has 0 nitrogen and oxygen atoms in total. The van der Waals surface area contributed by atoms with E-state index in [0.717, 1.165) is 0 Å². The van der Waals surface area contributed by atoms with Gasteiger partial charge in [0.2, 0.25) is 3.79 Å². The molecular formula is C8H3Cl7. The second-order valence-corrected chi connectivity index (χ2v) is 6.55. The van der Waals surface area contributed by atoms with Gasteiger partial charge in [-0.1, -0.05) is 81.2 Å². The van der Waals surface area contributed by atoms with Crippen molar-refractivity contribution in [1.82, 2.24) is 0 Å². The molecule has 0 N–H and O–H groups in total. The van der Waals surface area contributed by atoms with Crippen molar-refractivity contribution in [2.24, 2.45) is 0 Å². The van der Waals surface area contributed by atoms with E-state index in [1.165, 1.54) is 0 Å². The zero-order valence-corrected chi connectivity index (χ0v) is 12.4. The highest BCUT2D eigenvalue weighted by atomic mass is 35.6. The zero-order chi connectivity index (χ0) is 12.0. The molecule has 0 heterocycles. The van der Waals surface area contributed by atoms with Crippen LogP contribution in [0.1, 0.15) is 11.1 Å². The van der Waals surface area contributed by atoms with Crippen LogP contribution in [0, 0.1) is 6.92 Å². The molecule has 0 aromatic heterocycles. The fourth-order valence-corrected chi connectivity index (χ4v) is 3.08. The first-order valence-electron chi connectivity index (χ1n) is 3.57. The third kappa shape index (κ3) is 2.74. The lowest BCUT2D eigenvalue weighted by molar-refractivity contribution is 1.23. The summed E-state index contributed by atoms with van der Waals surface area (Å²) in [6, 6.07) is 0. The number of hydrogen-bond acceptors (Lipinski definition) is 0. The summed E-state index contributed by atoms with van der Waals surface area (Å²) >= 11 is 40.8. The van der Waals surface area contributed by atoms with Gasteiger partial charge in [-0.05, 0) is 12.5 Å². The third-order valence-electron chi connectivity index (χ3n) is 1.77. The summed E-state index contributed by atoms with van der Waals surface area (Å²) in [4.78, 5) is 0. The maximum Gasteiger partial charge on any atom is 0.219 e. The van der Waals surface area contributed by atoms with Crippen LogP contribution in [0.5, 0.6) is 0 Å². The van der Waals surface area contributed by atoms with Gasteiger partial charge in [-0.15, -0.1) is 0 Å². The van der Waals surface area contributed by atoms with Gasteiger partial charge in [0, 0.05) is 5.56 Å². The average molecular weight is 347 g/mol. The molecule has 1 aromatic rings. The van der Waals surface area contributed by atoms with Gasteiger partial charge in [0.15, 0.2) is 0 Å². The predicted octanol–water partition coefficient (Wildman–Crippen LogP) is 6.44. The number of alkyl halides is 3. The molecule has 1 aromatic carbocycles. The van der Waals surface area contributed by atoms with Crippen molar-refractivity contribution in [2.45, 2.75) is 10.7 Å². The highest BCUT2D eigenvalue weighted by molar-refractivity contribution is 6.68. The lowest BCUT2D eigenvalue weighted by Gasteiger charge is -2.18. The fourth-order valence-electron chi connectivity index (χ4n) is 0.990. The van der Waals surface area contributed by atoms with Crippen molar-refractivity contribution >= 4 is 81.2 Å². The Kier molecular flexibility index (Phi) is 4.63. The maximum atomic E-state index is 5.93. The summed E-state index contributed by atoms with van der Waals surface area (Å²) in [5, 5.41) is 0.659. The fraction of sp³-hybridized carbons (Fsp3) is 0.250. The van der Waals surface area contributed by atoms with Gasteiger partial charge in [0.25, 0.3) is 0 Å². The Morgan fingerprint density at radius 2 is 1.07 bits per heavy atom. The summed E-state index contributed by atoms with van der Waals surface area (Å²) in [5.74, 6) is 0. The van der Waals surface area contributed by atoms with Crippen molar-refractivity contribution in [3.05, 3.63) is 31.2 Å². The van der Waals surface area contributed by atoms with E-state index in [1.54, 1.807) is 6.92 Å². The highest BCUT2D eigenvalue weighted by Crippen LogP contribution is 2.51. The summed E-state index contributed by atoms with van der Waals surface area (Å²) in [6.07, 6.45) is 0. The number of benzene rings is 1. The van der Waals surface area contributed by atoms with Gasteiger partial charge in [0.1, 0.15) is 0 Å². The van der Waals surface area contributed by atoms with Crippen LogP contribution in [0.25, 0.3) is 0 Å². The SMILES string of the molecule is Cc1c(Cl)c(Cl)c(C(Cl)(Cl)Cl)c(Cl)c1Cl. The summed E-state index contributed by atoms with van der Waals surface area (Å²) < 4.78 is -1.77. The van der Waals surface area contributed by atoms with E-state index in [1.807, 2.05) is 0 Å². The molecule has 0 spiro atoms. The van der Waals surface area contributed by atoms with Crippen LogP contribution in [0.2, 0.25) is 20.1 Å². The van der Waals surface area contributed by atoms with Crippen LogP contribution in [-0.4, -0.2) is 0 Å². The van der Waals surface area contributed by atoms with E-state index >= 15 is 0 Å². The second kappa shape index (κ2) is 4.86. The van der Waals surface area contributed by atoms with E-state index in [0.29, 0.717) is 5.56 Å². The number of hydrogen-bond donors (Lipinski definition) is 0. The molecule has 0 radical (unpaired) electrons. The van der Waals surface area contributed by atoms with E-state index in [9.17, 15) is 0 Å². The van der Waals surface area contributed by atoms with Crippen LogP contribution in [0.3, 0.4) is 0 Å². The molecular weight excluding hydrogens is 344 g/mol. The Bertz CT molecular complexity index is 375. The Morgan fingerprint density at radius 3 is 1.33 bits per heavy atom. The molecule has 0 unspecified atom stereocenters. The van der Waals surface area contributed by atoms with Crippen molar-refractivity contribution in [3.63, 3.8) is 0 Å². The van der Waals surface area contributed by atoms with E-state index in [-0.39, 0.29) is 25.7 Å². The van der Waals surface area contributed by atoms with E-state index in [2.05, 4.69) is 0 Å². The Labute approximate surface area is 122 Å². The Morgan fingerprint density at radius 1 is 0.733 bits per heavy atom. The van der Waals surface area contributed by atoms with Crippen LogP contribution < -0.4 is 0 Å². The van der Waals surface area contributed by atoms with Gasteiger partial charge >= 0.3 is 0 Å². The molecule has 7 heteroatoms. The summed E-state index contributed by atoms with van der Waals surface area (Å²) in [5.41, 5.74) is 0.641. The molecule has 0 aliphatic rings. The first kappa shape index (κ1) is 14.3. The quantitative estimate of drug-likeness (QED) is 0.374. The molecule has 0 aliphatic heterocycles. The molecule has 0 amide bonds. The Hall–Kier alpha value is 1.25. The van der Waals surface area contributed by atoms with Crippen molar-refractivity contribution < 1.29 is 0 Å². The average Bonchev–Trinajstić information content (AvgIpc) is 2.09. The molecule has 1 rings (SSSR count). The van der Waals surface area contributed by atoms with Crippen LogP contribution in [-0.2, 0) is 3.79 Å². The minimum atomic E-state index is -1.77. The normalized spacial score (nSPS) is 12.0. The van der Waals surface area contributed by atoms with Gasteiger partial charge in [0.05, 0.1) is 20.1 Å². The van der Waals surface area contributed by atoms with E-state index in [4.69, 9.17) is 81.2 Å².